The normalized spacial score (nSPS) is 12.6. The molecule has 15 heavy (non-hydrogen) atoms. The fraction of sp³-hybridized carbons (Fsp3) is 1.00. The van der Waals surface area contributed by atoms with E-state index in [-0.39, 0.29) is 12.4 Å². The van der Waals surface area contributed by atoms with Gasteiger partial charge in [-0.3, -0.25) is 0 Å². The summed E-state index contributed by atoms with van der Waals surface area (Å²) in [5.74, 6) is 0. The molecule has 0 rings (SSSR count). The van der Waals surface area contributed by atoms with Crippen LogP contribution in [0.4, 0.5) is 0 Å². The van der Waals surface area contributed by atoms with Crippen molar-refractivity contribution in [3.8, 4) is 0 Å². The summed E-state index contributed by atoms with van der Waals surface area (Å²) >= 11 is 0. The number of aliphatic hydroxyl groups excluding tert-OH is 1. The molecule has 0 bridgehead atoms. The number of aliphatic hydroxyl groups is 2. The number of nitrogens with one attached hydrogen (secondary N) is 1. The summed E-state index contributed by atoms with van der Waals surface area (Å²) in [5.41, 5.74) is 0. The number of hydrogen-bond acceptors (Lipinski definition) is 2. The minimum atomic E-state index is -1.16. The predicted octanol–water partition coefficient (Wildman–Crippen LogP) is -2.82. The Morgan fingerprint density at radius 1 is 1.00 bits per heavy atom. The summed E-state index contributed by atoms with van der Waals surface area (Å²) in [6, 6.07) is 0. The van der Waals surface area contributed by atoms with Crippen LogP contribution in [0.3, 0.4) is 0 Å². The van der Waals surface area contributed by atoms with Gasteiger partial charge in [-0.05, 0) is 12.8 Å². The number of hydrogen-bond donors (Lipinski definition) is 3. The van der Waals surface area contributed by atoms with Crippen molar-refractivity contribution in [3.05, 3.63) is 0 Å². The van der Waals surface area contributed by atoms with Gasteiger partial charge in [-0.2, -0.15) is 0 Å². The highest BCUT2D eigenvalue weighted by atomic mass is 35.5. The maximum absolute atomic E-state index is 8.73. The van der Waals surface area contributed by atoms with Gasteiger partial charge in [-0.25, -0.2) is 0 Å². The van der Waals surface area contributed by atoms with Gasteiger partial charge in [-0.1, -0.05) is 32.6 Å². The van der Waals surface area contributed by atoms with E-state index >= 15 is 0 Å². The standard InChI is InChI=1S/C11H25NO2.ClH/c1-3-4-5-6-7-8-9-12(2)10-11(13)14;/h11,13-14H,3-10H2,1-2H3;1H. The third kappa shape index (κ3) is 14.2. The lowest BCUT2D eigenvalue weighted by Gasteiger charge is -2.14. The van der Waals surface area contributed by atoms with Crippen molar-refractivity contribution in [1.82, 2.24) is 0 Å². The Morgan fingerprint density at radius 3 is 2.07 bits per heavy atom. The van der Waals surface area contributed by atoms with Crippen LogP contribution in [0.1, 0.15) is 45.4 Å². The molecule has 0 saturated carbocycles. The highest BCUT2D eigenvalue weighted by Gasteiger charge is 2.06. The van der Waals surface area contributed by atoms with Crippen LogP contribution >= 0.6 is 0 Å². The van der Waals surface area contributed by atoms with Gasteiger partial charge < -0.3 is 27.5 Å². The van der Waals surface area contributed by atoms with Crippen LogP contribution in [0, 0.1) is 0 Å². The van der Waals surface area contributed by atoms with E-state index in [4.69, 9.17) is 10.2 Å². The van der Waals surface area contributed by atoms with Crippen molar-refractivity contribution >= 4 is 0 Å². The monoisotopic (exact) mass is 239 g/mol. The number of halogens is 1. The quantitative estimate of drug-likeness (QED) is 0.300. The minimum Gasteiger partial charge on any atom is -1.00 e. The van der Waals surface area contributed by atoms with Crippen molar-refractivity contribution in [2.24, 2.45) is 0 Å². The zero-order chi connectivity index (χ0) is 10.8. The molecule has 0 heterocycles. The highest BCUT2D eigenvalue weighted by molar-refractivity contribution is 4.42. The molecule has 0 radical (unpaired) electrons. The lowest BCUT2D eigenvalue weighted by Crippen LogP contribution is -3.10. The van der Waals surface area contributed by atoms with Gasteiger partial charge in [0, 0.05) is 0 Å². The van der Waals surface area contributed by atoms with E-state index in [2.05, 4.69) is 6.92 Å². The molecule has 1 unspecified atom stereocenters. The first-order chi connectivity index (χ1) is 6.66. The Balaban J connectivity index is 0. The fourth-order valence-electron chi connectivity index (χ4n) is 1.62. The Labute approximate surface area is 99.9 Å². The van der Waals surface area contributed by atoms with Crippen LogP contribution in [0.2, 0.25) is 0 Å². The first-order valence-corrected chi connectivity index (χ1v) is 5.84. The van der Waals surface area contributed by atoms with Crippen LogP contribution in [-0.4, -0.2) is 36.6 Å². The number of unbranched alkanes of at least 4 members (excludes halogenated alkanes) is 5. The van der Waals surface area contributed by atoms with Gasteiger partial charge in [-0.15, -0.1) is 0 Å². The molecular formula is C11H26ClNO2. The second-order valence-corrected chi connectivity index (χ2v) is 4.16. The molecule has 0 aliphatic carbocycles. The predicted molar refractivity (Wildman–Crippen MR) is 58.2 cm³/mol. The first kappa shape index (κ1) is 17.6. The Morgan fingerprint density at radius 2 is 1.53 bits per heavy atom. The number of rotatable bonds is 9. The summed E-state index contributed by atoms with van der Waals surface area (Å²) in [7, 11) is 2.01. The minimum absolute atomic E-state index is 0. The second kappa shape index (κ2) is 12.2. The van der Waals surface area contributed by atoms with Gasteiger partial charge in [0.25, 0.3) is 0 Å². The van der Waals surface area contributed by atoms with Crippen molar-refractivity contribution in [3.63, 3.8) is 0 Å². The lowest BCUT2D eigenvalue weighted by molar-refractivity contribution is -0.886. The average Bonchev–Trinajstić information content (AvgIpc) is 2.10. The van der Waals surface area contributed by atoms with Crippen molar-refractivity contribution in [2.75, 3.05) is 20.1 Å². The third-order valence-corrected chi connectivity index (χ3v) is 2.49. The van der Waals surface area contributed by atoms with Crippen molar-refractivity contribution < 1.29 is 27.5 Å². The smallest absolute Gasteiger partial charge is 0.202 e. The SMILES string of the molecule is CCCCCCCC[NH+](C)CC(O)O.[Cl-]. The topological polar surface area (TPSA) is 44.9 Å². The molecule has 3 N–H and O–H groups in total. The Bertz CT molecular complexity index is 123. The molecule has 4 heteroatoms. The van der Waals surface area contributed by atoms with E-state index in [9.17, 15) is 0 Å². The average molecular weight is 240 g/mol. The van der Waals surface area contributed by atoms with Crippen LogP contribution in [0.15, 0.2) is 0 Å². The molecule has 0 aliphatic rings. The van der Waals surface area contributed by atoms with E-state index in [0.717, 1.165) is 6.54 Å². The summed E-state index contributed by atoms with van der Waals surface area (Å²) in [4.78, 5) is 1.20. The molecule has 1 atom stereocenters. The molecule has 0 aromatic carbocycles. The van der Waals surface area contributed by atoms with E-state index in [1.807, 2.05) is 7.05 Å². The molecule has 0 aromatic rings. The largest absolute Gasteiger partial charge is 1.00 e. The summed E-state index contributed by atoms with van der Waals surface area (Å²) < 4.78 is 0. The third-order valence-electron chi connectivity index (χ3n) is 2.49. The highest BCUT2D eigenvalue weighted by Crippen LogP contribution is 2.03. The molecule has 94 valence electrons. The van der Waals surface area contributed by atoms with E-state index in [0.29, 0.717) is 6.54 Å². The van der Waals surface area contributed by atoms with E-state index in [1.165, 1.54) is 43.4 Å². The molecule has 3 nitrogen and oxygen atoms in total. The van der Waals surface area contributed by atoms with E-state index < -0.39 is 6.29 Å². The Kier molecular flexibility index (Phi) is 14.3. The summed E-state index contributed by atoms with van der Waals surface area (Å²) in [6.07, 6.45) is 6.62. The number of likely N-dealkylation sites (N-methyl/N-ethyl adjacent to an activating group) is 1. The molecule has 0 spiro atoms. The molecule has 0 amide bonds. The van der Waals surface area contributed by atoms with Gasteiger partial charge >= 0.3 is 0 Å². The van der Waals surface area contributed by atoms with Gasteiger partial charge in [0.15, 0.2) is 0 Å². The first-order valence-electron chi connectivity index (χ1n) is 5.84. The zero-order valence-corrected chi connectivity index (χ0v) is 10.8. The van der Waals surface area contributed by atoms with Gasteiger partial charge in [0.1, 0.15) is 6.54 Å². The molecular weight excluding hydrogens is 214 g/mol. The maximum atomic E-state index is 8.73. The summed E-state index contributed by atoms with van der Waals surface area (Å²) in [6.45, 7) is 3.71. The van der Waals surface area contributed by atoms with Crippen LogP contribution < -0.4 is 17.3 Å². The van der Waals surface area contributed by atoms with Crippen LogP contribution in [0.25, 0.3) is 0 Å². The van der Waals surface area contributed by atoms with Crippen LogP contribution in [0.5, 0.6) is 0 Å². The zero-order valence-electron chi connectivity index (χ0n) is 10.0. The van der Waals surface area contributed by atoms with Gasteiger partial charge in [0.05, 0.1) is 13.6 Å². The number of quaternary nitrogens is 1. The molecule has 0 aromatic heterocycles. The van der Waals surface area contributed by atoms with E-state index in [1.54, 1.807) is 0 Å². The lowest BCUT2D eigenvalue weighted by atomic mass is 10.1. The maximum Gasteiger partial charge on any atom is 0.202 e. The molecule has 0 fully saturated rings. The Hall–Kier alpha value is 0.170. The van der Waals surface area contributed by atoms with Crippen molar-refractivity contribution in [2.45, 2.75) is 51.7 Å². The second-order valence-electron chi connectivity index (χ2n) is 4.16. The van der Waals surface area contributed by atoms with Gasteiger partial charge in [0.2, 0.25) is 6.29 Å². The summed E-state index contributed by atoms with van der Waals surface area (Å²) in [5, 5.41) is 17.5. The fourth-order valence-corrected chi connectivity index (χ4v) is 1.62. The van der Waals surface area contributed by atoms with Crippen LogP contribution in [-0.2, 0) is 0 Å². The molecule has 0 saturated heterocycles. The molecule has 0 aliphatic heterocycles. The van der Waals surface area contributed by atoms with Crippen molar-refractivity contribution in [1.29, 1.82) is 0 Å².